The van der Waals surface area contributed by atoms with Gasteiger partial charge in [-0.1, -0.05) is 12.1 Å². The van der Waals surface area contributed by atoms with Gasteiger partial charge in [-0.15, -0.1) is 0 Å². The van der Waals surface area contributed by atoms with E-state index in [1.807, 2.05) is 0 Å². The summed E-state index contributed by atoms with van der Waals surface area (Å²) in [6, 6.07) is 8.98. The molecule has 1 aromatic heterocycles. The van der Waals surface area contributed by atoms with E-state index in [0.717, 1.165) is 0 Å². The largest absolute Gasteiger partial charge is 0.478 e. The second-order valence-electron chi connectivity index (χ2n) is 6.01. The van der Waals surface area contributed by atoms with Gasteiger partial charge in [0.25, 0.3) is 5.91 Å². The molecule has 0 fully saturated rings. The summed E-state index contributed by atoms with van der Waals surface area (Å²) in [5, 5.41) is 19.5. The Kier molecular flexibility index (Phi) is 4.57. The molecule has 0 atom stereocenters. The fourth-order valence-electron chi connectivity index (χ4n) is 2.64. The number of halogens is 3. The first kappa shape index (κ1) is 19.6. The van der Waals surface area contributed by atoms with Crippen molar-refractivity contribution in [3.05, 3.63) is 53.3 Å². The van der Waals surface area contributed by atoms with E-state index in [-0.39, 0.29) is 33.8 Å². The highest BCUT2D eigenvalue weighted by Crippen LogP contribution is 2.35. The average molecular weight is 434 g/mol. The molecule has 1 amide bonds. The highest BCUT2D eigenvalue weighted by Gasteiger charge is 2.46. The number of benzene rings is 1. The minimum Gasteiger partial charge on any atom is -0.478 e. The molecule has 2 N–H and O–H groups in total. The van der Waals surface area contributed by atoms with Crippen molar-refractivity contribution in [2.45, 2.75) is 6.18 Å². The molecule has 0 spiro atoms. The van der Waals surface area contributed by atoms with Crippen LogP contribution >= 0.6 is 11.8 Å². The second kappa shape index (κ2) is 6.99. The number of hydrazone groups is 1. The van der Waals surface area contributed by atoms with Crippen LogP contribution in [0, 0.1) is 5.41 Å². The van der Waals surface area contributed by atoms with Crippen molar-refractivity contribution in [1.82, 2.24) is 5.01 Å². The van der Waals surface area contributed by atoms with Crippen LogP contribution in [0.2, 0.25) is 0 Å². The summed E-state index contributed by atoms with van der Waals surface area (Å²) in [4.78, 5) is 26.9. The van der Waals surface area contributed by atoms with Crippen LogP contribution in [0.3, 0.4) is 0 Å². The van der Waals surface area contributed by atoms with Crippen LogP contribution in [0.25, 0.3) is 17.4 Å². The highest BCUT2D eigenvalue weighted by atomic mass is 32.2. The standard InChI is InChI=1S/C18H9F3N4O4S/c19-18(20,21)16-24-25-13(22)11(14(26)23-17(25)30-16)7-10-4-5-12(29-10)8-2-1-3-9(6-8)15(27)28/h1-7,22H,(H,27,28)/b11-7+,22-13?. The van der Waals surface area contributed by atoms with E-state index in [2.05, 4.69) is 10.1 Å². The van der Waals surface area contributed by atoms with Crippen LogP contribution in [0.5, 0.6) is 0 Å². The van der Waals surface area contributed by atoms with Gasteiger partial charge >= 0.3 is 12.1 Å². The first-order valence-electron chi connectivity index (χ1n) is 8.14. The molecule has 0 aliphatic carbocycles. The smallest absolute Gasteiger partial charge is 0.441 e. The van der Waals surface area contributed by atoms with E-state index in [4.69, 9.17) is 14.9 Å². The highest BCUT2D eigenvalue weighted by molar-refractivity contribution is 8.27. The lowest BCUT2D eigenvalue weighted by atomic mass is 10.1. The predicted octanol–water partition coefficient (Wildman–Crippen LogP) is 3.83. The fourth-order valence-corrected chi connectivity index (χ4v) is 3.40. The zero-order valence-electron chi connectivity index (χ0n) is 14.6. The summed E-state index contributed by atoms with van der Waals surface area (Å²) in [6.45, 7) is 0. The molecule has 0 saturated carbocycles. The monoisotopic (exact) mass is 434 g/mol. The van der Waals surface area contributed by atoms with Gasteiger partial charge in [0.1, 0.15) is 11.5 Å². The number of nitrogens with one attached hydrogen (secondary N) is 1. The Morgan fingerprint density at radius 1 is 1.27 bits per heavy atom. The van der Waals surface area contributed by atoms with Crippen molar-refractivity contribution in [3.8, 4) is 11.3 Å². The van der Waals surface area contributed by atoms with Crippen LogP contribution in [0.15, 0.2) is 56.5 Å². The molecule has 4 rings (SSSR count). The van der Waals surface area contributed by atoms with E-state index in [1.165, 1.54) is 36.4 Å². The minimum absolute atomic E-state index is 0.0553. The molecule has 2 aromatic rings. The first-order valence-corrected chi connectivity index (χ1v) is 8.96. The Balaban J connectivity index is 1.64. The van der Waals surface area contributed by atoms with Crippen molar-refractivity contribution in [2.24, 2.45) is 10.1 Å². The number of fused-ring (bicyclic) bond motifs is 1. The van der Waals surface area contributed by atoms with E-state index in [0.29, 0.717) is 16.3 Å². The molecule has 0 saturated heterocycles. The number of carbonyl (C=O) groups is 2. The molecule has 2 aliphatic rings. The first-order chi connectivity index (χ1) is 14.1. The molecule has 1 aromatic carbocycles. The molecular formula is C18H9F3N4O4S. The fraction of sp³-hybridized carbons (Fsp3) is 0.0556. The Labute approximate surface area is 169 Å². The number of thioether (sulfide) groups is 1. The summed E-state index contributed by atoms with van der Waals surface area (Å²) in [5.41, 5.74) is 0.228. The predicted molar refractivity (Wildman–Crippen MR) is 102 cm³/mol. The maximum absolute atomic E-state index is 12.9. The SMILES string of the molecule is N=C1/C(=C\c2ccc(-c3cccc(C(=O)O)c3)o2)C(=O)N=C2SC(C(F)(F)F)=NN12. The normalized spacial score (nSPS) is 17.8. The number of furan rings is 1. The van der Waals surface area contributed by atoms with E-state index in [9.17, 15) is 22.8 Å². The minimum atomic E-state index is -4.72. The lowest BCUT2D eigenvalue weighted by molar-refractivity contribution is -0.114. The summed E-state index contributed by atoms with van der Waals surface area (Å²) in [6.07, 6.45) is -3.56. The summed E-state index contributed by atoms with van der Waals surface area (Å²) in [7, 11) is 0. The van der Waals surface area contributed by atoms with E-state index in [1.54, 1.807) is 6.07 Å². The number of carboxylic acid groups (broad SMARTS) is 1. The summed E-state index contributed by atoms with van der Waals surface area (Å²) in [5.74, 6) is -2.14. The molecule has 2 aliphatic heterocycles. The number of alkyl halides is 3. The number of hydrogen-bond donors (Lipinski definition) is 2. The lowest BCUT2D eigenvalue weighted by Crippen LogP contribution is -2.35. The number of aliphatic imine (C=N–C) groups is 1. The quantitative estimate of drug-likeness (QED) is 0.709. The zero-order valence-corrected chi connectivity index (χ0v) is 15.4. The van der Waals surface area contributed by atoms with Gasteiger partial charge in [-0.05, 0) is 42.1 Å². The third kappa shape index (κ3) is 3.52. The summed E-state index contributed by atoms with van der Waals surface area (Å²) < 4.78 is 44.2. The molecule has 30 heavy (non-hydrogen) atoms. The molecule has 3 heterocycles. The van der Waals surface area contributed by atoms with Crippen LogP contribution in [0.4, 0.5) is 13.2 Å². The van der Waals surface area contributed by atoms with Crippen molar-refractivity contribution < 1.29 is 32.3 Å². The molecule has 0 bridgehead atoms. The average Bonchev–Trinajstić information content (AvgIpc) is 3.32. The number of hydrogen-bond acceptors (Lipinski definition) is 6. The molecule has 0 unspecified atom stereocenters. The number of aromatic carboxylic acids is 1. The summed E-state index contributed by atoms with van der Waals surface area (Å²) >= 11 is 0.163. The van der Waals surface area contributed by atoms with Gasteiger partial charge in [-0.3, -0.25) is 10.2 Å². The topological polar surface area (TPSA) is 119 Å². The number of nitrogens with zero attached hydrogens (tertiary/aromatic N) is 3. The third-order valence-corrected chi connectivity index (χ3v) is 4.96. The van der Waals surface area contributed by atoms with Gasteiger partial charge in [-0.2, -0.15) is 28.3 Å². The zero-order chi connectivity index (χ0) is 21.6. The van der Waals surface area contributed by atoms with Gasteiger partial charge in [0.2, 0.25) is 10.2 Å². The molecule has 12 heteroatoms. The van der Waals surface area contributed by atoms with Gasteiger partial charge in [0.15, 0.2) is 5.84 Å². The lowest BCUT2D eigenvalue weighted by Gasteiger charge is -2.19. The third-order valence-electron chi connectivity index (χ3n) is 4.00. The molecular weight excluding hydrogens is 425 g/mol. The van der Waals surface area contributed by atoms with E-state index < -0.39 is 28.9 Å². The molecule has 0 radical (unpaired) electrons. The van der Waals surface area contributed by atoms with Crippen molar-refractivity contribution in [2.75, 3.05) is 0 Å². The maximum Gasteiger partial charge on any atom is 0.441 e. The van der Waals surface area contributed by atoms with Gasteiger partial charge in [0, 0.05) is 5.56 Å². The number of amidine groups is 2. The van der Waals surface area contributed by atoms with Gasteiger partial charge in [-0.25, -0.2) is 4.79 Å². The second-order valence-corrected chi connectivity index (χ2v) is 6.97. The van der Waals surface area contributed by atoms with Crippen molar-refractivity contribution in [3.63, 3.8) is 0 Å². The van der Waals surface area contributed by atoms with Crippen molar-refractivity contribution >= 4 is 45.8 Å². The number of amides is 1. The van der Waals surface area contributed by atoms with Crippen LogP contribution in [-0.2, 0) is 4.79 Å². The Hall–Kier alpha value is -3.67. The van der Waals surface area contributed by atoms with Crippen LogP contribution in [-0.4, -0.2) is 44.2 Å². The Bertz CT molecular complexity index is 1200. The number of carboxylic acids is 1. The van der Waals surface area contributed by atoms with Crippen LogP contribution in [0.1, 0.15) is 16.1 Å². The number of rotatable bonds is 3. The van der Waals surface area contributed by atoms with Crippen molar-refractivity contribution in [1.29, 1.82) is 5.41 Å². The Morgan fingerprint density at radius 3 is 2.73 bits per heavy atom. The molecule has 8 nitrogen and oxygen atoms in total. The van der Waals surface area contributed by atoms with Gasteiger partial charge < -0.3 is 9.52 Å². The molecule has 152 valence electrons. The van der Waals surface area contributed by atoms with Gasteiger partial charge in [0.05, 0.1) is 11.1 Å². The number of carbonyl (C=O) groups excluding carboxylic acids is 1. The van der Waals surface area contributed by atoms with E-state index >= 15 is 0 Å². The Morgan fingerprint density at radius 2 is 2.03 bits per heavy atom. The maximum atomic E-state index is 12.9. The van der Waals surface area contributed by atoms with Crippen LogP contribution < -0.4 is 0 Å².